The van der Waals surface area contributed by atoms with Crippen molar-refractivity contribution in [3.05, 3.63) is 60.1 Å². The number of allylic oxidation sites excluding steroid dienone is 2. The average Bonchev–Trinajstić information content (AvgIpc) is 3.13. The summed E-state index contributed by atoms with van der Waals surface area (Å²) in [5.41, 5.74) is 0.965. The average molecular weight is 330 g/mol. The highest BCUT2D eigenvalue weighted by Gasteiger charge is 2.16. The van der Waals surface area contributed by atoms with Crippen molar-refractivity contribution in [1.29, 1.82) is 0 Å². The van der Waals surface area contributed by atoms with E-state index in [2.05, 4.69) is 15.0 Å². The van der Waals surface area contributed by atoms with E-state index in [4.69, 9.17) is 15.5 Å². The monoisotopic (exact) mass is 330 g/mol. The molecule has 0 aliphatic carbocycles. The second-order valence-electron chi connectivity index (χ2n) is 5.15. The number of aromatic nitrogens is 3. The van der Waals surface area contributed by atoms with Crippen LogP contribution >= 0.6 is 0 Å². The van der Waals surface area contributed by atoms with Crippen LogP contribution in [0.25, 0.3) is 0 Å². The van der Waals surface area contributed by atoms with Gasteiger partial charge in [0.1, 0.15) is 11.6 Å². The maximum absolute atomic E-state index is 11.4. The van der Waals surface area contributed by atoms with Crippen LogP contribution in [0.5, 0.6) is 0 Å². The summed E-state index contributed by atoms with van der Waals surface area (Å²) in [6.07, 6.45) is 10.3. The molecule has 7 nitrogen and oxygen atoms in total. The Morgan fingerprint density at radius 3 is 2.92 bits per heavy atom. The van der Waals surface area contributed by atoms with Gasteiger partial charge >= 0.3 is 5.97 Å². The largest absolute Gasteiger partial charge is 0.466 e. The summed E-state index contributed by atoms with van der Waals surface area (Å²) in [7, 11) is 0. The third kappa shape index (κ3) is 5.20. The highest BCUT2D eigenvalue weighted by Crippen LogP contribution is 2.25. The van der Waals surface area contributed by atoms with Gasteiger partial charge in [-0.05, 0) is 31.1 Å². The van der Waals surface area contributed by atoms with Gasteiger partial charge in [-0.25, -0.2) is 4.98 Å². The number of carbonyl (C=O) groups is 1. The molecule has 0 aliphatic heterocycles. The Hall–Kier alpha value is -2.67. The minimum atomic E-state index is -0.219. The van der Waals surface area contributed by atoms with Crippen LogP contribution in [0.3, 0.4) is 0 Å². The molecule has 7 heteroatoms. The Balaban J connectivity index is 2.10. The highest BCUT2D eigenvalue weighted by atomic mass is 16.6. The first-order valence-corrected chi connectivity index (χ1v) is 7.86. The lowest BCUT2D eigenvalue weighted by atomic mass is 9.98. The van der Waals surface area contributed by atoms with Gasteiger partial charge < -0.3 is 14.6 Å². The van der Waals surface area contributed by atoms with Crippen molar-refractivity contribution in [2.75, 3.05) is 6.61 Å². The van der Waals surface area contributed by atoms with E-state index < -0.39 is 0 Å². The number of carbonyl (C=O) groups excluding carboxylic acids is 1. The number of H-pyrrole nitrogens is 1. The maximum atomic E-state index is 11.4. The molecule has 0 radical (unpaired) electrons. The second kappa shape index (κ2) is 9.46. The predicted octanol–water partition coefficient (Wildman–Crippen LogP) is 2.44. The van der Waals surface area contributed by atoms with Gasteiger partial charge in [0.2, 0.25) is 0 Å². The number of nitrogens with two attached hydrogens (primary N) is 1. The van der Waals surface area contributed by atoms with Crippen molar-refractivity contribution in [1.82, 2.24) is 15.0 Å². The van der Waals surface area contributed by atoms with E-state index in [1.54, 1.807) is 31.7 Å². The van der Waals surface area contributed by atoms with Crippen molar-refractivity contribution in [2.24, 2.45) is 5.90 Å². The van der Waals surface area contributed by atoms with E-state index in [-0.39, 0.29) is 11.9 Å². The minimum absolute atomic E-state index is 0.158. The van der Waals surface area contributed by atoms with Crippen LogP contribution in [0.15, 0.2) is 48.8 Å². The molecule has 0 aromatic carbocycles. The SMILES string of the molecule is CCOC(=O)CCCC(=CC(c1cccnc1)c1ncc[nH]1)ON. The van der Waals surface area contributed by atoms with Gasteiger partial charge in [-0.3, -0.25) is 9.78 Å². The fourth-order valence-corrected chi connectivity index (χ4v) is 2.35. The quantitative estimate of drug-likeness (QED) is 0.416. The van der Waals surface area contributed by atoms with Gasteiger partial charge in [0.25, 0.3) is 0 Å². The lowest BCUT2D eigenvalue weighted by Crippen LogP contribution is -2.08. The van der Waals surface area contributed by atoms with Crippen molar-refractivity contribution in [3.63, 3.8) is 0 Å². The summed E-state index contributed by atoms with van der Waals surface area (Å²) in [5.74, 6) is 6.38. The van der Waals surface area contributed by atoms with E-state index in [0.717, 1.165) is 11.4 Å². The number of nitrogens with zero attached hydrogens (tertiary/aromatic N) is 2. The van der Waals surface area contributed by atoms with Crippen molar-refractivity contribution >= 4 is 5.97 Å². The molecule has 2 rings (SSSR count). The second-order valence-corrected chi connectivity index (χ2v) is 5.15. The smallest absolute Gasteiger partial charge is 0.305 e. The highest BCUT2D eigenvalue weighted by molar-refractivity contribution is 5.69. The molecular weight excluding hydrogens is 308 g/mol. The van der Waals surface area contributed by atoms with E-state index in [1.165, 1.54) is 0 Å². The van der Waals surface area contributed by atoms with Gasteiger partial charge in [-0.1, -0.05) is 6.07 Å². The van der Waals surface area contributed by atoms with E-state index in [1.807, 2.05) is 18.2 Å². The summed E-state index contributed by atoms with van der Waals surface area (Å²) < 4.78 is 4.91. The van der Waals surface area contributed by atoms with E-state index >= 15 is 0 Å². The van der Waals surface area contributed by atoms with Crippen LogP contribution in [0.1, 0.15) is 43.5 Å². The Morgan fingerprint density at radius 1 is 1.42 bits per heavy atom. The Bertz CT molecular complexity index is 641. The zero-order chi connectivity index (χ0) is 17.2. The molecule has 128 valence electrons. The third-order valence-corrected chi connectivity index (χ3v) is 3.47. The number of hydrogen-bond donors (Lipinski definition) is 2. The van der Waals surface area contributed by atoms with Gasteiger partial charge in [-0.2, -0.15) is 5.90 Å². The number of hydrogen-bond acceptors (Lipinski definition) is 6. The normalized spacial score (nSPS) is 12.7. The van der Waals surface area contributed by atoms with Gasteiger partial charge in [0.15, 0.2) is 0 Å². The summed E-state index contributed by atoms with van der Waals surface area (Å²) in [6, 6.07) is 3.83. The molecule has 2 heterocycles. The predicted molar refractivity (Wildman–Crippen MR) is 88.5 cm³/mol. The molecule has 0 fully saturated rings. The zero-order valence-electron chi connectivity index (χ0n) is 13.6. The van der Waals surface area contributed by atoms with Gasteiger partial charge in [0, 0.05) is 37.6 Å². The topological polar surface area (TPSA) is 103 Å². The third-order valence-electron chi connectivity index (χ3n) is 3.47. The maximum Gasteiger partial charge on any atom is 0.305 e. The van der Waals surface area contributed by atoms with E-state index in [0.29, 0.717) is 31.6 Å². The van der Waals surface area contributed by atoms with Crippen molar-refractivity contribution in [3.8, 4) is 0 Å². The number of imidazole rings is 1. The van der Waals surface area contributed by atoms with Crippen LogP contribution in [0, 0.1) is 0 Å². The Kier molecular flexibility index (Phi) is 6.97. The summed E-state index contributed by atoms with van der Waals surface area (Å²) in [4.78, 5) is 28.0. The molecule has 24 heavy (non-hydrogen) atoms. The minimum Gasteiger partial charge on any atom is -0.466 e. The van der Waals surface area contributed by atoms with Crippen LogP contribution < -0.4 is 5.90 Å². The first kappa shape index (κ1) is 17.7. The Labute approximate surface area is 140 Å². The molecule has 2 aromatic rings. The number of aromatic amines is 1. The molecule has 0 aliphatic rings. The van der Waals surface area contributed by atoms with E-state index in [9.17, 15) is 4.79 Å². The molecule has 0 amide bonds. The molecule has 0 saturated heterocycles. The fourth-order valence-electron chi connectivity index (χ4n) is 2.35. The zero-order valence-corrected chi connectivity index (χ0v) is 13.6. The van der Waals surface area contributed by atoms with Crippen LogP contribution in [-0.2, 0) is 14.4 Å². The molecule has 0 saturated carbocycles. The number of rotatable bonds is 9. The summed E-state index contributed by atoms with van der Waals surface area (Å²) in [5, 5.41) is 0. The first-order chi connectivity index (χ1) is 11.7. The summed E-state index contributed by atoms with van der Waals surface area (Å²) >= 11 is 0. The first-order valence-electron chi connectivity index (χ1n) is 7.86. The molecule has 2 aromatic heterocycles. The fraction of sp³-hybridized carbons (Fsp3) is 0.353. The standard InChI is InChI=1S/C17H22N4O3/c1-2-23-16(22)7-3-6-14(24-18)11-15(17-20-9-10-21-17)13-5-4-8-19-12-13/h4-5,8-12,15H,2-3,6-7,18H2,1H3,(H,20,21). The van der Waals surface area contributed by atoms with Gasteiger partial charge in [-0.15, -0.1) is 0 Å². The molecule has 1 atom stereocenters. The van der Waals surface area contributed by atoms with Crippen LogP contribution in [-0.4, -0.2) is 27.5 Å². The summed E-state index contributed by atoms with van der Waals surface area (Å²) in [6.45, 7) is 2.17. The number of nitrogens with one attached hydrogen (secondary N) is 1. The number of ether oxygens (including phenoxy) is 1. The molecule has 0 bridgehead atoms. The van der Waals surface area contributed by atoms with Crippen molar-refractivity contribution in [2.45, 2.75) is 32.1 Å². The van der Waals surface area contributed by atoms with Crippen molar-refractivity contribution < 1.29 is 14.4 Å². The van der Waals surface area contributed by atoms with Crippen LogP contribution in [0.4, 0.5) is 0 Å². The van der Waals surface area contributed by atoms with Crippen LogP contribution in [0.2, 0.25) is 0 Å². The lowest BCUT2D eigenvalue weighted by Gasteiger charge is -2.13. The Morgan fingerprint density at radius 2 is 2.29 bits per heavy atom. The molecule has 3 N–H and O–H groups in total. The molecular formula is C17H22N4O3. The lowest BCUT2D eigenvalue weighted by molar-refractivity contribution is -0.143. The number of esters is 1. The number of pyridine rings is 1. The molecule has 0 spiro atoms. The van der Waals surface area contributed by atoms with Gasteiger partial charge in [0.05, 0.1) is 12.5 Å². The molecule has 1 unspecified atom stereocenters.